The molecule has 1 fully saturated rings. The topological polar surface area (TPSA) is 41.1 Å². The minimum Gasteiger partial charge on any atom is -0.356 e. The number of hydrogen-bond donors (Lipinski definition) is 2. The van der Waals surface area contributed by atoms with E-state index in [1.165, 1.54) is 25.7 Å². The lowest BCUT2D eigenvalue weighted by molar-refractivity contribution is -0.122. The van der Waals surface area contributed by atoms with Crippen LogP contribution in [0.25, 0.3) is 0 Å². The molecular weight excluding hydrogens is 212 g/mol. The van der Waals surface area contributed by atoms with Crippen molar-refractivity contribution in [3.63, 3.8) is 0 Å². The van der Waals surface area contributed by atoms with Crippen molar-refractivity contribution in [2.45, 2.75) is 52.4 Å². The van der Waals surface area contributed by atoms with Gasteiger partial charge in [-0.25, -0.2) is 0 Å². The van der Waals surface area contributed by atoms with Crippen LogP contribution in [0.15, 0.2) is 0 Å². The molecule has 0 aromatic heterocycles. The lowest BCUT2D eigenvalue weighted by atomic mass is 9.64. The summed E-state index contributed by atoms with van der Waals surface area (Å²) in [7, 11) is 1.92. The molecule has 3 nitrogen and oxygen atoms in total. The van der Waals surface area contributed by atoms with E-state index in [1.54, 1.807) is 0 Å². The molecule has 0 unspecified atom stereocenters. The molecule has 0 aromatic carbocycles. The zero-order chi connectivity index (χ0) is 12.7. The van der Waals surface area contributed by atoms with Crippen LogP contribution in [0.2, 0.25) is 0 Å². The molecule has 1 rings (SSSR count). The minimum absolute atomic E-state index is 0.218. The van der Waals surface area contributed by atoms with Gasteiger partial charge in [-0.2, -0.15) is 0 Å². The van der Waals surface area contributed by atoms with Crippen molar-refractivity contribution in [1.82, 2.24) is 10.6 Å². The molecule has 100 valence electrons. The van der Waals surface area contributed by atoms with E-state index in [2.05, 4.69) is 24.5 Å². The fourth-order valence-corrected chi connectivity index (χ4v) is 2.80. The number of hydrogen-bond acceptors (Lipinski definition) is 2. The Balaban J connectivity index is 2.21. The van der Waals surface area contributed by atoms with Gasteiger partial charge >= 0.3 is 0 Å². The largest absolute Gasteiger partial charge is 0.356 e. The Kier molecular flexibility index (Phi) is 5.96. The first kappa shape index (κ1) is 14.5. The maximum atomic E-state index is 11.7. The Morgan fingerprint density at radius 3 is 2.53 bits per heavy atom. The molecule has 1 saturated carbocycles. The van der Waals surface area contributed by atoms with Gasteiger partial charge in [0, 0.05) is 13.0 Å². The van der Waals surface area contributed by atoms with Crippen LogP contribution in [0.5, 0.6) is 0 Å². The predicted octanol–water partition coefficient (Wildman–Crippen LogP) is 2.32. The molecule has 17 heavy (non-hydrogen) atoms. The van der Waals surface area contributed by atoms with E-state index in [0.29, 0.717) is 11.8 Å². The molecule has 0 radical (unpaired) electrons. The van der Waals surface area contributed by atoms with Gasteiger partial charge in [-0.1, -0.05) is 20.3 Å². The second-order valence-corrected chi connectivity index (χ2v) is 5.94. The van der Waals surface area contributed by atoms with E-state index in [9.17, 15) is 4.79 Å². The molecule has 1 aliphatic carbocycles. The summed E-state index contributed by atoms with van der Waals surface area (Å²) in [6.45, 7) is 6.36. The normalized spacial score (nSPS) is 17.9. The van der Waals surface area contributed by atoms with Crippen molar-refractivity contribution in [3.8, 4) is 0 Å². The van der Waals surface area contributed by atoms with Crippen LogP contribution >= 0.6 is 0 Å². The fourth-order valence-electron chi connectivity index (χ4n) is 2.80. The van der Waals surface area contributed by atoms with Gasteiger partial charge in [-0.15, -0.1) is 0 Å². The molecular formula is C14H28N2O. The number of amides is 1. The monoisotopic (exact) mass is 240 g/mol. The van der Waals surface area contributed by atoms with E-state index in [0.717, 1.165) is 25.4 Å². The van der Waals surface area contributed by atoms with E-state index in [1.807, 2.05) is 7.05 Å². The third-order valence-electron chi connectivity index (χ3n) is 3.75. The predicted molar refractivity (Wildman–Crippen MR) is 71.9 cm³/mol. The second kappa shape index (κ2) is 7.00. The lowest BCUT2D eigenvalue weighted by Crippen LogP contribution is -2.43. The number of rotatable bonds is 8. The van der Waals surface area contributed by atoms with Gasteiger partial charge in [0.15, 0.2) is 0 Å². The smallest absolute Gasteiger partial charge is 0.220 e. The average molecular weight is 240 g/mol. The zero-order valence-electron chi connectivity index (χ0n) is 11.6. The van der Waals surface area contributed by atoms with Crippen LogP contribution in [0, 0.1) is 11.3 Å². The third kappa shape index (κ3) is 5.07. The third-order valence-corrected chi connectivity index (χ3v) is 3.75. The summed E-state index contributed by atoms with van der Waals surface area (Å²) in [4.78, 5) is 11.7. The summed E-state index contributed by atoms with van der Waals surface area (Å²) >= 11 is 0. The maximum Gasteiger partial charge on any atom is 0.220 e. The van der Waals surface area contributed by atoms with Gasteiger partial charge in [-0.3, -0.25) is 4.79 Å². The van der Waals surface area contributed by atoms with Crippen molar-refractivity contribution >= 4 is 5.91 Å². The Bertz CT molecular complexity index is 234. The van der Waals surface area contributed by atoms with E-state index in [-0.39, 0.29) is 5.91 Å². The molecule has 0 atom stereocenters. The highest BCUT2D eigenvalue weighted by Crippen LogP contribution is 2.45. The highest BCUT2D eigenvalue weighted by molar-refractivity contribution is 5.75. The molecule has 3 heteroatoms. The molecule has 0 saturated heterocycles. The maximum absolute atomic E-state index is 11.7. The summed E-state index contributed by atoms with van der Waals surface area (Å²) in [6, 6.07) is 0. The standard InChI is InChI=1S/C14H28N2O/c1-12(2)10-14(7-5-8-14)11-16-13(17)6-4-9-15-3/h12,15H,4-11H2,1-3H3,(H,16,17). The molecule has 0 heterocycles. The SMILES string of the molecule is CNCCCC(=O)NCC1(CC(C)C)CCC1. The summed E-state index contributed by atoms with van der Waals surface area (Å²) in [6.07, 6.45) is 6.76. The quantitative estimate of drug-likeness (QED) is 0.639. The fraction of sp³-hybridized carbons (Fsp3) is 0.929. The van der Waals surface area contributed by atoms with Crippen LogP contribution in [0.4, 0.5) is 0 Å². The summed E-state index contributed by atoms with van der Waals surface area (Å²) < 4.78 is 0. The van der Waals surface area contributed by atoms with Crippen molar-refractivity contribution < 1.29 is 4.79 Å². The molecule has 0 bridgehead atoms. The molecule has 0 aromatic rings. The molecule has 1 aliphatic rings. The van der Waals surface area contributed by atoms with Crippen molar-refractivity contribution in [2.24, 2.45) is 11.3 Å². The lowest BCUT2D eigenvalue weighted by Gasteiger charge is -2.43. The van der Waals surface area contributed by atoms with Gasteiger partial charge in [0.1, 0.15) is 0 Å². The highest BCUT2D eigenvalue weighted by atomic mass is 16.1. The van der Waals surface area contributed by atoms with E-state index >= 15 is 0 Å². The average Bonchev–Trinajstić information content (AvgIpc) is 2.22. The Morgan fingerprint density at radius 2 is 2.06 bits per heavy atom. The first-order valence-electron chi connectivity index (χ1n) is 6.99. The number of carbonyl (C=O) groups excluding carboxylic acids is 1. The molecule has 0 aliphatic heterocycles. The Morgan fingerprint density at radius 1 is 1.35 bits per heavy atom. The van der Waals surface area contributed by atoms with Crippen LogP contribution in [0.3, 0.4) is 0 Å². The van der Waals surface area contributed by atoms with Gasteiger partial charge in [0.05, 0.1) is 0 Å². The first-order chi connectivity index (χ1) is 8.08. The summed E-state index contributed by atoms with van der Waals surface area (Å²) in [5.74, 6) is 0.951. The van der Waals surface area contributed by atoms with Crippen molar-refractivity contribution in [3.05, 3.63) is 0 Å². The zero-order valence-corrected chi connectivity index (χ0v) is 11.6. The van der Waals surface area contributed by atoms with Crippen LogP contribution in [-0.2, 0) is 4.79 Å². The highest BCUT2D eigenvalue weighted by Gasteiger charge is 2.37. The Labute approximate surface area is 106 Å². The molecule has 1 amide bonds. The van der Waals surface area contributed by atoms with E-state index in [4.69, 9.17) is 0 Å². The van der Waals surface area contributed by atoms with Gasteiger partial charge in [0.2, 0.25) is 5.91 Å². The molecule has 2 N–H and O–H groups in total. The van der Waals surface area contributed by atoms with Crippen molar-refractivity contribution in [2.75, 3.05) is 20.1 Å². The Hall–Kier alpha value is -0.570. The molecule has 0 spiro atoms. The summed E-state index contributed by atoms with van der Waals surface area (Å²) in [5.41, 5.74) is 0.423. The van der Waals surface area contributed by atoms with Crippen LogP contribution < -0.4 is 10.6 Å². The summed E-state index contributed by atoms with van der Waals surface area (Å²) in [5, 5.41) is 6.19. The van der Waals surface area contributed by atoms with Gasteiger partial charge in [-0.05, 0) is 50.6 Å². The first-order valence-corrected chi connectivity index (χ1v) is 6.99. The van der Waals surface area contributed by atoms with Crippen LogP contribution in [0.1, 0.15) is 52.4 Å². The van der Waals surface area contributed by atoms with Crippen molar-refractivity contribution in [1.29, 1.82) is 0 Å². The second-order valence-electron chi connectivity index (χ2n) is 5.94. The number of carbonyl (C=O) groups is 1. The van der Waals surface area contributed by atoms with Crippen LogP contribution in [-0.4, -0.2) is 26.0 Å². The van der Waals surface area contributed by atoms with Gasteiger partial charge < -0.3 is 10.6 Å². The van der Waals surface area contributed by atoms with Gasteiger partial charge in [0.25, 0.3) is 0 Å². The number of nitrogens with one attached hydrogen (secondary N) is 2. The van der Waals surface area contributed by atoms with E-state index < -0.39 is 0 Å². The minimum atomic E-state index is 0.218.